The van der Waals surface area contributed by atoms with Gasteiger partial charge in [-0.1, -0.05) is 43.1 Å². The van der Waals surface area contributed by atoms with E-state index in [4.69, 9.17) is 23.2 Å². The molecule has 1 nitrogen and oxygen atoms in total. The van der Waals surface area contributed by atoms with Gasteiger partial charge in [0.2, 0.25) is 0 Å². The zero-order valence-electron chi connectivity index (χ0n) is 9.26. The second kappa shape index (κ2) is 6.37. The molecular weight excluding hydrogens is 229 g/mol. The summed E-state index contributed by atoms with van der Waals surface area (Å²) in [4.78, 5) is 0. The molecule has 0 saturated carbocycles. The molecule has 2 N–H and O–H groups in total. The lowest BCUT2D eigenvalue weighted by molar-refractivity contribution is -0.704. The third-order valence-corrected chi connectivity index (χ3v) is 3.46. The van der Waals surface area contributed by atoms with Crippen LogP contribution >= 0.6 is 23.2 Å². The summed E-state index contributed by atoms with van der Waals surface area (Å²) in [5.74, 6) is 0. The average molecular weight is 247 g/mol. The highest BCUT2D eigenvalue weighted by Gasteiger charge is 2.07. The van der Waals surface area contributed by atoms with Gasteiger partial charge in [-0.15, -0.1) is 0 Å². The summed E-state index contributed by atoms with van der Waals surface area (Å²) < 4.78 is 0. The number of hydrogen-bond donors (Lipinski definition) is 1. The predicted octanol–water partition coefficient (Wildman–Crippen LogP) is 3.25. The molecule has 1 rings (SSSR count). The number of halogens is 2. The van der Waals surface area contributed by atoms with Crippen LogP contribution in [0.5, 0.6) is 0 Å². The van der Waals surface area contributed by atoms with Crippen molar-refractivity contribution in [2.24, 2.45) is 0 Å². The van der Waals surface area contributed by atoms with Gasteiger partial charge < -0.3 is 5.32 Å². The lowest BCUT2D eigenvalue weighted by Gasteiger charge is -2.11. The Morgan fingerprint density at radius 3 is 2.33 bits per heavy atom. The van der Waals surface area contributed by atoms with Crippen molar-refractivity contribution in [3.8, 4) is 0 Å². The van der Waals surface area contributed by atoms with E-state index < -0.39 is 0 Å². The molecule has 0 aliphatic rings. The first kappa shape index (κ1) is 12.8. The second-order valence-corrected chi connectivity index (χ2v) is 4.58. The van der Waals surface area contributed by atoms with E-state index in [-0.39, 0.29) is 0 Å². The first-order valence-corrected chi connectivity index (χ1v) is 6.20. The molecular formula is C12H18Cl2N+. The zero-order valence-corrected chi connectivity index (χ0v) is 10.8. The minimum absolute atomic E-state index is 0.628. The second-order valence-electron chi connectivity index (χ2n) is 3.76. The molecule has 1 aromatic rings. The fourth-order valence-electron chi connectivity index (χ4n) is 1.59. The molecule has 0 bridgehead atoms. The largest absolute Gasteiger partial charge is 0.340 e. The minimum Gasteiger partial charge on any atom is -0.340 e. The van der Waals surface area contributed by atoms with E-state index >= 15 is 0 Å². The third kappa shape index (κ3) is 4.02. The van der Waals surface area contributed by atoms with Crippen molar-refractivity contribution < 1.29 is 5.32 Å². The van der Waals surface area contributed by atoms with Crippen LogP contribution in [0.15, 0.2) is 18.2 Å². The first-order chi connectivity index (χ1) is 7.17. The molecule has 0 aliphatic heterocycles. The Morgan fingerprint density at radius 2 is 1.80 bits per heavy atom. The van der Waals surface area contributed by atoms with Crippen LogP contribution in [0.1, 0.15) is 32.3 Å². The van der Waals surface area contributed by atoms with Crippen molar-refractivity contribution in [2.45, 2.75) is 39.3 Å². The van der Waals surface area contributed by atoms with E-state index in [1.807, 2.05) is 18.2 Å². The van der Waals surface area contributed by atoms with Gasteiger partial charge in [0.25, 0.3) is 0 Å². The molecule has 0 spiro atoms. The molecule has 0 aromatic heterocycles. The maximum Gasteiger partial charge on any atom is 0.101 e. The lowest BCUT2D eigenvalue weighted by atomic mass is 10.1. The topological polar surface area (TPSA) is 16.6 Å². The summed E-state index contributed by atoms with van der Waals surface area (Å²) in [7, 11) is 0. The number of nitrogens with two attached hydrogens (primary N) is 1. The van der Waals surface area contributed by atoms with Crippen LogP contribution in [0.25, 0.3) is 0 Å². The molecule has 0 heterocycles. The quantitative estimate of drug-likeness (QED) is 0.822. The first-order valence-electron chi connectivity index (χ1n) is 5.44. The Bertz CT molecular complexity index is 308. The number of benzene rings is 1. The average Bonchev–Trinajstić information content (AvgIpc) is 2.24. The van der Waals surface area contributed by atoms with E-state index in [1.54, 1.807) is 0 Å². The highest BCUT2D eigenvalue weighted by atomic mass is 35.5. The maximum atomic E-state index is 5.95. The summed E-state index contributed by atoms with van der Waals surface area (Å²) in [5.41, 5.74) is 1.23. The molecule has 0 unspecified atom stereocenters. The van der Waals surface area contributed by atoms with E-state index in [2.05, 4.69) is 19.2 Å². The van der Waals surface area contributed by atoms with E-state index in [0.717, 1.165) is 6.54 Å². The highest BCUT2D eigenvalue weighted by molar-refractivity contribution is 6.41. The van der Waals surface area contributed by atoms with Crippen LogP contribution in [-0.4, -0.2) is 6.04 Å². The van der Waals surface area contributed by atoms with Gasteiger partial charge in [-0.05, 0) is 25.0 Å². The van der Waals surface area contributed by atoms with Crippen molar-refractivity contribution in [2.75, 3.05) is 0 Å². The summed E-state index contributed by atoms with van der Waals surface area (Å²) in [5, 5.41) is 3.63. The summed E-state index contributed by atoms with van der Waals surface area (Å²) >= 11 is 11.8. The van der Waals surface area contributed by atoms with Gasteiger partial charge in [0, 0.05) is 5.56 Å². The Balaban J connectivity index is 2.54. The summed E-state index contributed by atoms with van der Waals surface area (Å²) in [6.45, 7) is 5.42. The van der Waals surface area contributed by atoms with Gasteiger partial charge in [-0.3, -0.25) is 0 Å². The number of hydrogen-bond acceptors (Lipinski definition) is 0. The molecule has 0 fully saturated rings. The molecule has 0 radical (unpaired) electrons. The Hall–Kier alpha value is -0.240. The van der Waals surface area contributed by atoms with Crippen LogP contribution in [-0.2, 0) is 6.54 Å². The molecule has 3 heteroatoms. The van der Waals surface area contributed by atoms with Crippen LogP contribution < -0.4 is 5.32 Å². The van der Waals surface area contributed by atoms with E-state index in [1.165, 1.54) is 18.4 Å². The Labute approximate surface area is 102 Å². The SMILES string of the molecule is CCC(CC)[NH2+]Cc1ccc(Cl)c(Cl)c1. The number of quaternary nitrogens is 1. The monoisotopic (exact) mass is 246 g/mol. The van der Waals surface area contributed by atoms with Crippen LogP contribution in [0.4, 0.5) is 0 Å². The van der Waals surface area contributed by atoms with Crippen molar-refractivity contribution >= 4 is 23.2 Å². The predicted molar refractivity (Wildman–Crippen MR) is 66.5 cm³/mol. The third-order valence-electron chi connectivity index (χ3n) is 2.72. The standard InChI is InChI=1S/C12H17Cl2N/c1-3-10(4-2)15-8-9-5-6-11(13)12(14)7-9/h5-7,10,15H,3-4,8H2,1-2H3/p+1. The van der Waals surface area contributed by atoms with Crippen molar-refractivity contribution in [3.63, 3.8) is 0 Å². The molecule has 84 valence electrons. The summed E-state index contributed by atoms with van der Waals surface area (Å²) in [6.07, 6.45) is 2.41. The van der Waals surface area contributed by atoms with E-state index in [0.29, 0.717) is 16.1 Å². The molecule has 15 heavy (non-hydrogen) atoms. The highest BCUT2D eigenvalue weighted by Crippen LogP contribution is 2.22. The van der Waals surface area contributed by atoms with E-state index in [9.17, 15) is 0 Å². The molecule has 0 saturated heterocycles. The number of rotatable bonds is 5. The molecule has 0 atom stereocenters. The van der Waals surface area contributed by atoms with Gasteiger partial charge in [0.15, 0.2) is 0 Å². The van der Waals surface area contributed by atoms with Gasteiger partial charge in [0.1, 0.15) is 6.54 Å². The Morgan fingerprint density at radius 1 is 1.13 bits per heavy atom. The smallest absolute Gasteiger partial charge is 0.101 e. The van der Waals surface area contributed by atoms with Crippen LogP contribution in [0, 0.1) is 0 Å². The normalized spacial score (nSPS) is 11.0. The van der Waals surface area contributed by atoms with Crippen LogP contribution in [0.3, 0.4) is 0 Å². The van der Waals surface area contributed by atoms with Crippen molar-refractivity contribution in [1.29, 1.82) is 0 Å². The van der Waals surface area contributed by atoms with Crippen molar-refractivity contribution in [3.05, 3.63) is 33.8 Å². The summed E-state index contributed by atoms with van der Waals surface area (Å²) in [6, 6.07) is 6.55. The zero-order chi connectivity index (χ0) is 11.3. The molecule has 0 amide bonds. The maximum absolute atomic E-state index is 5.95. The molecule has 0 aliphatic carbocycles. The molecule has 1 aromatic carbocycles. The lowest BCUT2D eigenvalue weighted by Crippen LogP contribution is -2.88. The van der Waals surface area contributed by atoms with Gasteiger partial charge >= 0.3 is 0 Å². The fourth-order valence-corrected chi connectivity index (χ4v) is 1.91. The van der Waals surface area contributed by atoms with Gasteiger partial charge in [-0.2, -0.15) is 0 Å². The Kier molecular flexibility index (Phi) is 5.44. The van der Waals surface area contributed by atoms with Crippen LogP contribution in [0.2, 0.25) is 10.0 Å². The van der Waals surface area contributed by atoms with Gasteiger partial charge in [0.05, 0.1) is 16.1 Å². The van der Waals surface area contributed by atoms with Crippen molar-refractivity contribution in [1.82, 2.24) is 0 Å². The fraction of sp³-hybridized carbons (Fsp3) is 0.500. The van der Waals surface area contributed by atoms with Gasteiger partial charge in [-0.25, -0.2) is 0 Å². The minimum atomic E-state index is 0.628.